The van der Waals surface area contributed by atoms with E-state index < -0.39 is 11.4 Å². The van der Waals surface area contributed by atoms with E-state index in [4.69, 9.17) is 4.42 Å². The molecular weight excluding hydrogens is 400 g/mol. The standard InChI is InChI=1S/C23H20N2O4S/c1-23(2,3)20-7-14-13-5-4-12(16-10-30-11-24-16)6-19(13)29-21(14)17-8-18(26)15(22(27)28)9-25(17)20/h4-6,8-11,20H,7H2,1-3H3,(H,27,28). The Kier molecular flexibility index (Phi) is 4.02. The maximum atomic E-state index is 12.5. The minimum Gasteiger partial charge on any atom is -0.477 e. The van der Waals surface area contributed by atoms with Crippen molar-refractivity contribution >= 4 is 28.3 Å². The van der Waals surface area contributed by atoms with E-state index in [1.807, 2.05) is 28.1 Å². The van der Waals surface area contributed by atoms with Crippen molar-refractivity contribution in [2.24, 2.45) is 5.41 Å². The van der Waals surface area contributed by atoms with E-state index >= 15 is 0 Å². The minimum atomic E-state index is -1.22. The van der Waals surface area contributed by atoms with Crippen molar-refractivity contribution in [3.05, 3.63) is 62.7 Å². The summed E-state index contributed by atoms with van der Waals surface area (Å²) < 4.78 is 8.14. The fraction of sp³-hybridized carbons (Fsp3) is 0.261. The number of pyridine rings is 1. The van der Waals surface area contributed by atoms with Crippen LogP contribution in [0.5, 0.6) is 0 Å². The summed E-state index contributed by atoms with van der Waals surface area (Å²) in [5.41, 5.74) is 5.19. The van der Waals surface area contributed by atoms with E-state index in [1.54, 1.807) is 5.51 Å². The van der Waals surface area contributed by atoms with Gasteiger partial charge in [0.2, 0.25) is 0 Å². The third-order valence-electron chi connectivity index (χ3n) is 5.80. The van der Waals surface area contributed by atoms with Crippen LogP contribution < -0.4 is 5.43 Å². The highest BCUT2D eigenvalue weighted by Gasteiger charge is 2.36. The van der Waals surface area contributed by atoms with Gasteiger partial charge in [-0.1, -0.05) is 32.9 Å². The zero-order chi connectivity index (χ0) is 21.2. The number of carbonyl (C=O) groups is 1. The van der Waals surface area contributed by atoms with E-state index in [9.17, 15) is 14.7 Å². The molecule has 1 atom stereocenters. The fourth-order valence-corrected chi connectivity index (χ4v) is 4.80. The van der Waals surface area contributed by atoms with Gasteiger partial charge in [0.15, 0.2) is 11.2 Å². The molecule has 0 radical (unpaired) electrons. The van der Waals surface area contributed by atoms with Gasteiger partial charge >= 0.3 is 5.97 Å². The molecule has 1 N–H and O–H groups in total. The molecule has 0 saturated carbocycles. The molecule has 0 fully saturated rings. The highest BCUT2D eigenvalue weighted by molar-refractivity contribution is 7.07. The summed E-state index contributed by atoms with van der Waals surface area (Å²) in [6.07, 6.45) is 2.16. The normalized spacial score (nSPS) is 15.8. The summed E-state index contributed by atoms with van der Waals surface area (Å²) in [6.45, 7) is 6.36. The molecule has 5 rings (SSSR count). The molecule has 0 saturated heterocycles. The van der Waals surface area contributed by atoms with Crippen molar-refractivity contribution in [2.45, 2.75) is 33.2 Å². The minimum absolute atomic E-state index is 0.0160. The van der Waals surface area contributed by atoms with E-state index in [-0.39, 0.29) is 17.0 Å². The first-order valence-corrected chi connectivity index (χ1v) is 10.6. The third-order valence-corrected chi connectivity index (χ3v) is 6.38. The van der Waals surface area contributed by atoms with Crippen molar-refractivity contribution in [1.82, 2.24) is 9.55 Å². The largest absolute Gasteiger partial charge is 0.477 e. The summed E-state index contributed by atoms with van der Waals surface area (Å²) in [4.78, 5) is 28.4. The summed E-state index contributed by atoms with van der Waals surface area (Å²) in [6, 6.07) is 7.44. The van der Waals surface area contributed by atoms with Crippen LogP contribution in [0.2, 0.25) is 0 Å². The van der Waals surface area contributed by atoms with Gasteiger partial charge in [0.25, 0.3) is 0 Å². The molecule has 0 spiro atoms. The van der Waals surface area contributed by atoms with Crippen LogP contribution in [0.25, 0.3) is 33.7 Å². The van der Waals surface area contributed by atoms with E-state index in [1.165, 1.54) is 23.6 Å². The van der Waals surface area contributed by atoms with Crippen LogP contribution in [0.15, 0.2) is 50.6 Å². The Labute approximate surface area is 176 Å². The molecule has 152 valence electrons. The Morgan fingerprint density at radius 1 is 1.30 bits per heavy atom. The van der Waals surface area contributed by atoms with Crippen LogP contribution in [-0.2, 0) is 6.42 Å². The molecule has 6 nitrogen and oxygen atoms in total. The first-order valence-electron chi connectivity index (χ1n) is 9.68. The Bertz CT molecular complexity index is 1360. The number of benzene rings is 1. The number of rotatable bonds is 2. The number of carboxylic acid groups (broad SMARTS) is 1. The van der Waals surface area contributed by atoms with Crippen LogP contribution >= 0.6 is 11.3 Å². The van der Waals surface area contributed by atoms with Gasteiger partial charge in [-0.3, -0.25) is 4.79 Å². The van der Waals surface area contributed by atoms with Crippen LogP contribution in [0.1, 0.15) is 42.7 Å². The molecule has 30 heavy (non-hydrogen) atoms. The van der Waals surface area contributed by atoms with Crippen molar-refractivity contribution in [3.63, 3.8) is 0 Å². The molecule has 4 aromatic rings. The number of hydrogen-bond acceptors (Lipinski definition) is 5. The second-order valence-electron chi connectivity index (χ2n) is 8.73. The number of aromatic nitrogens is 2. The first kappa shape index (κ1) is 18.8. The van der Waals surface area contributed by atoms with Gasteiger partial charge in [-0.15, -0.1) is 11.3 Å². The number of furan rings is 1. The summed E-state index contributed by atoms with van der Waals surface area (Å²) in [5, 5.41) is 12.4. The molecule has 4 heterocycles. The molecule has 3 aromatic heterocycles. The van der Waals surface area contributed by atoms with Gasteiger partial charge in [0, 0.05) is 40.2 Å². The molecular formula is C23H20N2O4S. The number of nitrogens with zero attached hydrogens (tertiary/aromatic N) is 2. The fourth-order valence-electron chi connectivity index (χ4n) is 4.24. The van der Waals surface area contributed by atoms with Crippen LogP contribution in [0.3, 0.4) is 0 Å². The van der Waals surface area contributed by atoms with Gasteiger partial charge in [-0.05, 0) is 17.9 Å². The van der Waals surface area contributed by atoms with E-state index in [0.717, 1.165) is 27.8 Å². The van der Waals surface area contributed by atoms with Crippen LogP contribution in [0.4, 0.5) is 0 Å². The van der Waals surface area contributed by atoms with E-state index in [2.05, 4.69) is 25.8 Å². The van der Waals surface area contributed by atoms with Crippen LogP contribution in [-0.4, -0.2) is 20.6 Å². The summed E-state index contributed by atoms with van der Waals surface area (Å²) in [5.74, 6) is -0.582. The molecule has 1 aromatic carbocycles. The lowest BCUT2D eigenvalue weighted by Gasteiger charge is -2.37. The zero-order valence-electron chi connectivity index (χ0n) is 16.8. The maximum Gasteiger partial charge on any atom is 0.341 e. The Hall–Kier alpha value is -3.19. The molecule has 1 unspecified atom stereocenters. The monoisotopic (exact) mass is 420 g/mol. The SMILES string of the molecule is CC(C)(C)C1Cc2c(oc3cc(-c4cscn4)ccc23)-c2cc(=O)c(C(=O)O)cn21. The molecule has 1 aliphatic rings. The number of aromatic carboxylic acids is 1. The highest BCUT2D eigenvalue weighted by Crippen LogP contribution is 2.46. The zero-order valence-corrected chi connectivity index (χ0v) is 17.6. The average Bonchev–Trinajstić information content (AvgIpc) is 3.33. The second kappa shape index (κ2) is 6.40. The summed E-state index contributed by atoms with van der Waals surface area (Å²) in [7, 11) is 0. The van der Waals surface area contributed by atoms with Gasteiger partial charge in [-0.2, -0.15) is 0 Å². The Morgan fingerprint density at radius 2 is 2.10 bits per heavy atom. The quantitative estimate of drug-likeness (QED) is 0.480. The summed E-state index contributed by atoms with van der Waals surface area (Å²) >= 11 is 1.54. The number of carboxylic acids is 1. The number of hydrogen-bond donors (Lipinski definition) is 1. The predicted molar refractivity (Wildman–Crippen MR) is 116 cm³/mol. The smallest absolute Gasteiger partial charge is 0.341 e. The van der Waals surface area contributed by atoms with Gasteiger partial charge in [0.1, 0.15) is 11.1 Å². The van der Waals surface area contributed by atoms with Gasteiger partial charge in [-0.25, -0.2) is 9.78 Å². The topological polar surface area (TPSA) is 85.3 Å². The molecule has 1 aliphatic heterocycles. The van der Waals surface area contributed by atoms with Crippen molar-refractivity contribution < 1.29 is 14.3 Å². The lowest BCUT2D eigenvalue weighted by atomic mass is 9.79. The maximum absolute atomic E-state index is 12.5. The van der Waals surface area contributed by atoms with Gasteiger partial charge in [0.05, 0.1) is 16.9 Å². The lowest BCUT2D eigenvalue weighted by Crippen LogP contribution is -2.32. The average molecular weight is 420 g/mol. The predicted octanol–water partition coefficient (Wildman–Crippen LogP) is 5.23. The Balaban J connectivity index is 1.77. The number of thiazole rings is 1. The Morgan fingerprint density at radius 3 is 2.77 bits per heavy atom. The lowest BCUT2D eigenvalue weighted by molar-refractivity contribution is 0.0693. The number of fused-ring (bicyclic) bond motifs is 5. The van der Waals surface area contributed by atoms with Crippen LogP contribution in [0, 0.1) is 5.41 Å². The van der Waals surface area contributed by atoms with Crippen molar-refractivity contribution in [3.8, 4) is 22.7 Å². The molecule has 0 aliphatic carbocycles. The third kappa shape index (κ3) is 2.81. The molecule has 0 bridgehead atoms. The molecule has 7 heteroatoms. The van der Waals surface area contributed by atoms with Crippen molar-refractivity contribution in [2.75, 3.05) is 0 Å². The van der Waals surface area contributed by atoms with Gasteiger partial charge < -0.3 is 14.1 Å². The molecule has 0 amide bonds. The second-order valence-corrected chi connectivity index (χ2v) is 9.45. The highest BCUT2D eigenvalue weighted by atomic mass is 32.1. The first-order chi connectivity index (χ1) is 14.2. The van der Waals surface area contributed by atoms with E-state index in [0.29, 0.717) is 17.9 Å². The van der Waals surface area contributed by atoms with Crippen molar-refractivity contribution in [1.29, 1.82) is 0 Å².